The number of nitrogens with zero attached hydrogens (tertiary/aromatic N) is 6. The molecule has 1 aliphatic rings. The molecule has 122 valence electrons. The lowest BCUT2D eigenvalue weighted by Gasteiger charge is -2.23. The van der Waals surface area contributed by atoms with Crippen LogP contribution in [-0.2, 0) is 13.1 Å². The zero-order valence-corrected chi connectivity index (χ0v) is 12.6. The first kappa shape index (κ1) is 14.4. The normalized spacial score (nSPS) is 17.2. The Kier molecular flexibility index (Phi) is 3.66. The zero-order valence-electron chi connectivity index (χ0n) is 12.6. The molecule has 3 aromatic heterocycles. The Bertz CT molecular complexity index is 817. The standard InChI is InChI=1S/C15H14N6O3/c22-14(11-6-19-23-10-11)20-7-12-2-5-18-21(12)9-13(8-20)24-15-16-3-1-4-17-15/h1-6,10,13H,7-9H2/t13-/m1/s1. The van der Waals surface area contributed by atoms with Gasteiger partial charge in [0.15, 0.2) is 0 Å². The number of carbonyl (C=O) groups excluding carboxylic acids is 1. The molecule has 0 aromatic carbocycles. The Morgan fingerprint density at radius 1 is 1.25 bits per heavy atom. The van der Waals surface area contributed by atoms with Crippen LogP contribution >= 0.6 is 0 Å². The number of amides is 1. The summed E-state index contributed by atoms with van der Waals surface area (Å²) in [7, 11) is 0. The summed E-state index contributed by atoms with van der Waals surface area (Å²) in [5.74, 6) is -0.173. The Hall–Kier alpha value is -3.23. The van der Waals surface area contributed by atoms with Gasteiger partial charge in [-0.05, 0) is 12.1 Å². The minimum absolute atomic E-state index is 0.173. The monoisotopic (exact) mass is 326 g/mol. The molecule has 0 unspecified atom stereocenters. The second kappa shape index (κ2) is 6.11. The Morgan fingerprint density at radius 2 is 2.12 bits per heavy atom. The van der Waals surface area contributed by atoms with E-state index in [-0.39, 0.29) is 18.0 Å². The zero-order chi connectivity index (χ0) is 16.4. The largest absolute Gasteiger partial charge is 0.456 e. The first-order chi connectivity index (χ1) is 11.8. The van der Waals surface area contributed by atoms with Gasteiger partial charge in [-0.15, -0.1) is 0 Å². The van der Waals surface area contributed by atoms with Crippen LogP contribution in [0.4, 0.5) is 0 Å². The van der Waals surface area contributed by atoms with Crippen LogP contribution in [0.15, 0.2) is 47.7 Å². The van der Waals surface area contributed by atoms with Crippen molar-refractivity contribution in [2.24, 2.45) is 0 Å². The van der Waals surface area contributed by atoms with E-state index in [1.165, 1.54) is 12.5 Å². The van der Waals surface area contributed by atoms with Gasteiger partial charge in [0.1, 0.15) is 12.4 Å². The van der Waals surface area contributed by atoms with E-state index in [0.29, 0.717) is 25.2 Å². The third-order valence-electron chi connectivity index (χ3n) is 3.74. The predicted molar refractivity (Wildman–Crippen MR) is 79.9 cm³/mol. The van der Waals surface area contributed by atoms with Gasteiger partial charge in [0, 0.05) is 18.6 Å². The molecule has 4 heterocycles. The molecule has 1 aliphatic heterocycles. The fourth-order valence-electron chi connectivity index (χ4n) is 2.63. The Balaban J connectivity index is 1.60. The van der Waals surface area contributed by atoms with Crippen molar-refractivity contribution < 1.29 is 14.1 Å². The van der Waals surface area contributed by atoms with Crippen LogP contribution in [0.1, 0.15) is 16.1 Å². The smallest absolute Gasteiger partial charge is 0.316 e. The Labute approximate surface area is 136 Å². The summed E-state index contributed by atoms with van der Waals surface area (Å²) in [5, 5.41) is 7.88. The van der Waals surface area contributed by atoms with E-state index in [0.717, 1.165) is 5.69 Å². The maximum Gasteiger partial charge on any atom is 0.316 e. The van der Waals surface area contributed by atoms with Crippen LogP contribution in [0.25, 0.3) is 0 Å². The molecule has 0 bridgehead atoms. The Morgan fingerprint density at radius 3 is 2.92 bits per heavy atom. The topological polar surface area (TPSA) is 99.2 Å². The molecular formula is C15H14N6O3. The van der Waals surface area contributed by atoms with Crippen molar-refractivity contribution in [3.63, 3.8) is 0 Å². The molecule has 0 saturated heterocycles. The molecule has 0 spiro atoms. The quantitative estimate of drug-likeness (QED) is 0.700. The van der Waals surface area contributed by atoms with E-state index < -0.39 is 0 Å². The molecule has 0 saturated carbocycles. The molecule has 3 aromatic rings. The third-order valence-corrected chi connectivity index (χ3v) is 3.74. The van der Waals surface area contributed by atoms with Gasteiger partial charge in [-0.3, -0.25) is 9.48 Å². The predicted octanol–water partition coefficient (Wildman–Crippen LogP) is 0.765. The molecule has 0 aliphatic carbocycles. The van der Waals surface area contributed by atoms with Gasteiger partial charge in [-0.2, -0.15) is 5.10 Å². The molecule has 4 rings (SSSR count). The maximum atomic E-state index is 12.7. The third kappa shape index (κ3) is 2.83. The van der Waals surface area contributed by atoms with E-state index >= 15 is 0 Å². The lowest BCUT2D eigenvalue weighted by Crippen LogP contribution is -2.38. The molecule has 1 amide bonds. The summed E-state index contributed by atoms with van der Waals surface area (Å²) in [6.45, 7) is 1.32. The molecule has 1 atom stereocenters. The summed E-state index contributed by atoms with van der Waals surface area (Å²) < 4.78 is 12.4. The summed E-state index contributed by atoms with van der Waals surface area (Å²) >= 11 is 0. The second-order valence-corrected chi connectivity index (χ2v) is 5.37. The molecule has 9 nitrogen and oxygen atoms in total. The van der Waals surface area contributed by atoms with Crippen molar-refractivity contribution in [2.75, 3.05) is 6.54 Å². The highest BCUT2D eigenvalue weighted by Gasteiger charge is 2.28. The van der Waals surface area contributed by atoms with Gasteiger partial charge in [-0.25, -0.2) is 9.97 Å². The van der Waals surface area contributed by atoms with Gasteiger partial charge in [0.05, 0.1) is 37.1 Å². The number of fused-ring (bicyclic) bond motifs is 1. The van der Waals surface area contributed by atoms with Gasteiger partial charge >= 0.3 is 6.01 Å². The van der Waals surface area contributed by atoms with Crippen molar-refractivity contribution >= 4 is 5.91 Å². The molecule has 9 heteroatoms. The first-order valence-electron chi connectivity index (χ1n) is 7.42. The van der Waals surface area contributed by atoms with Crippen LogP contribution in [0.2, 0.25) is 0 Å². The van der Waals surface area contributed by atoms with Gasteiger partial charge in [0.25, 0.3) is 5.91 Å². The highest BCUT2D eigenvalue weighted by Crippen LogP contribution is 2.17. The number of rotatable bonds is 3. The fraction of sp³-hybridized carbons (Fsp3) is 0.267. The molecular weight excluding hydrogens is 312 g/mol. The SMILES string of the molecule is O=C(c1cnoc1)N1Cc2ccnn2C[C@H](Oc2ncccn2)C1. The van der Waals surface area contributed by atoms with Crippen LogP contribution < -0.4 is 4.74 Å². The lowest BCUT2D eigenvalue weighted by atomic mass is 10.2. The van der Waals surface area contributed by atoms with Crippen LogP contribution in [0.5, 0.6) is 6.01 Å². The average Bonchev–Trinajstić information content (AvgIpc) is 3.24. The van der Waals surface area contributed by atoms with Crippen molar-refractivity contribution in [2.45, 2.75) is 19.2 Å². The van der Waals surface area contributed by atoms with Crippen molar-refractivity contribution in [1.82, 2.24) is 29.8 Å². The highest BCUT2D eigenvalue weighted by atomic mass is 16.5. The summed E-state index contributed by atoms with van der Waals surface area (Å²) in [6, 6.07) is 3.87. The van der Waals surface area contributed by atoms with E-state index in [9.17, 15) is 4.79 Å². The molecule has 24 heavy (non-hydrogen) atoms. The second-order valence-electron chi connectivity index (χ2n) is 5.37. The van der Waals surface area contributed by atoms with Crippen molar-refractivity contribution in [3.8, 4) is 6.01 Å². The first-order valence-corrected chi connectivity index (χ1v) is 7.42. The van der Waals surface area contributed by atoms with Gasteiger partial charge < -0.3 is 14.2 Å². The van der Waals surface area contributed by atoms with Gasteiger partial charge in [-0.1, -0.05) is 5.16 Å². The molecule has 0 N–H and O–H groups in total. The van der Waals surface area contributed by atoms with E-state index in [4.69, 9.17) is 9.26 Å². The number of carbonyl (C=O) groups is 1. The molecule has 0 radical (unpaired) electrons. The maximum absolute atomic E-state index is 12.7. The van der Waals surface area contributed by atoms with E-state index in [1.807, 2.05) is 10.7 Å². The lowest BCUT2D eigenvalue weighted by molar-refractivity contribution is 0.0636. The number of aromatic nitrogens is 5. The minimum Gasteiger partial charge on any atom is -0.456 e. The number of hydrogen-bond donors (Lipinski definition) is 0. The summed E-state index contributed by atoms with van der Waals surface area (Å²) in [5.41, 5.74) is 1.33. The minimum atomic E-state index is -0.322. The van der Waals surface area contributed by atoms with E-state index in [1.54, 1.807) is 29.6 Å². The average molecular weight is 326 g/mol. The fourth-order valence-corrected chi connectivity index (χ4v) is 2.63. The van der Waals surface area contributed by atoms with Crippen molar-refractivity contribution in [3.05, 3.63) is 54.4 Å². The van der Waals surface area contributed by atoms with Crippen LogP contribution in [-0.4, -0.2) is 48.4 Å². The summed E-state index contributed by atoms with van der Waals surface area (Å²) in [4.78, 5) is 22.5. The van der Waals surface area contributed by atoms with Crippen molar-refractivity contribution in [1.29, 1.82) is 0 Å². The number of ether oxygens (including phenoxy) is 1. The summed E-state index contributed by atoms with van der Waals surface area (Å²) in [6.07, 6.45) is 7.34. The number of hydrogen-bond acceptors (Lipinski definition) is 7. The van der Waals surface area contributed by atoms with Gasteiger partial charge in [0.2, 0.25) is 0 Å². The highest BCUT2D eigenvalue weighted by molar-refractivity contribution is 5.93. The van der Waals surface area contributed by atoms with Crippen LogP contribution in [0, 0.1) is 0 Å². The molecule has 0 fully saturated rings. The van der Waals surface area contributed by atoms with E-state index in [2.05, 4.69) is 20.2 Å². The van der Waals surface area contributed by atoms with Crippen LogP contribution in [0.3, 0.4) is 0 Å².